The standard InChI is InChI=1S/C16H26ClNO2/c1-7-11(2)20-15-12(10-18-16(3,4)5)8-13(17)9-14(15)19-6/h8-9,11,18H,7,10H2,1-6H3. The normalized spacial score (nSPS) is 13.2. The van der Waals surface area contributed by atoms with E-state index in [-0.39, 0.29) is 11.6 Å². The summed E-state index contributed by atoms with van der Waals surface area (Å²) < 4.78 is 11.4. The molecule has 1 atom stereocenters. The van der Waals surface area contributed by atoms with Crippen molar-refractivity contribution in [2.75, 3.05) is 7.11 Å². The van der Waals surface area contributed by atoms with Gasteiger partial charge in [0, 0.05) is 28.7 Å². The first-order valence-corrected chi connectivity index (χ1v) is 7.42. The molecule has 0 aromatic heterocycles. The number of methoxy groups -OCH3 is 1. The van der Waals surface area contributed by atoms with Crippen LogP contribution in [0, 0.1) is 0 Å². The van der Waals surface area contributed by atoms with Gasteiger partial charge in [-0.15, -0.1) is 0 Å². The maximum Gasteiger partial charge on any atom is 0.166 e. The second kappa shape index (κ2) is 7.19. The Morgan fingerprint density at radius 2 is 1.95 bits per heavy atom. The molecule has 0 aliphatic heterocycles. The van der Waals surface area contributed by atoms with Crippen LogP contribution in [0.1, 0.15) is 46.6 Å². The van der Waals surface area contributed by atoms with Gasteiger partial charge in [0.05, 0.1) is 13.2 Å². The molecule has 0 heterocycles. The molecule has 0 bridgehead atoms. The lowest BCUT2D eigenvalue weighted by atomic mass is 10.1. The van der Waals surface area contributed by atoms with Crippen LogP contribution in [-0.4, -0.2) is 18.8 Å². The highest BCUT2D eigenvalue weighted by atomic mass is 35.5. The molecule has 0 spiro atoms. The van der Waals surface area contributed by atoms with Gasteiger partial charge < -0.3 is 14.8 Å². The Bertz CT molecular complexity index is 441. The summed E-state index contributed by atoms with van der Waals surface area (Å²) in [6.07, 6.45) is 1.08. The van der Waals surface area contributed by atoms with Crippen molar-refractivity contribution in [2.45, 2.75) is 59.2 Å². The monoisotopic (exact) mass is 299 g/mol. The minimum absolute atomic E-state index is 0.0309. The van der Waals surface area contributed by atoms with Crippen LogP contribution in [0.5, 0.6) is 11.5 Å². The zero-order chi connectivity index (χ0) is 15.3. The highest BCUT2D eigenvalue weighted by Crippen LogP contribution is 2.36. The van der Waals surface area contributed by atoms with E-state index < -0.39 is 0 Å². The topological polar surface area (TPSA) is 30.5 Å². The fourth-order valence-corrected chi connectivity index (χ4v) is 1.92. The van der Waals surface area contributed by atoms with Gasteiger partial charge in [-0.2, -0.15) is 0 Å². The van der Waals surface area contributed by atoms with Crippen LogP contribution < -0.4 is 14.8 Å². The fraction of sp³-hybridized carbons (Fsp3) is 0.625. The number of ether oxygens (including phenoxy) is 2. The molecule has 1 N–H and O–H groups in total. The highest BCUT2D eigenvalue weighted by molar-refractivity contribution is 6.30. The Balaban J connectivity index is 3.08. The Morgan fingerprint density at radius 1 is 1.30 bits per heavy atom. The predicted molar refractivity (Wildman–Crippen MR) is 85.0 cm³/mol. The molecular formula is C16H26ClNO2. The van der Waals surface area contributed by atoms with Gasteiger partial charge in [0.25, 0.3) is 0 Å². The summed E-state index contributed by atoms with van der Waals surface area (Å²) in [5.41, 5.74) is 1.05. The maximum absolute atomic E-state index is 6.16. The minimum Gasteiger partial charge on any atom is -0.493 e. The van der Waals surface area contributed by atoms with Crippen molar-refractivity contribution in [1.29, 1.82) is 0 Å². The number of halogens is 1. The molecular weight excluding hydrogens is 274 g/mol. The SMILES string of the molecule is CCC(C)Oc1c(CNC(C)(C)C)cc(Cl)cc1OC. The van der Waals surface area contributed by atoms with Gasteiger partial charge in [-0.25, -0.2) is 0 Å². The molecule has 4 heteroatoms. The Labute approximate surface area is 127 Å². The van der Waals surface area contributed by atoms with Crippen LogP contribution in [0.25, 0.3) is 0 Å². The lowest BCUT2D eigenvalue weighted by molar-refractivity contribution is 0.204. The average molecular weight is 300 g/mol. The van der Waals surface area contributed by atoms with Gasteiger partial charge in [0.2, 0.25) is 0 Å². The summed E-state index contributed by atoms with van der Waals surface area (Å²) in [5.74, 6) is 1.46. The Hall–Kier alpha value is -0.930. The summed E-state index contributed by atoms with van der Waals surface area (Å²) in [7, 11) is 1.64. The van der Waals surface area contributed by atoms with E-state index in [4.69, 9.17) is 21.1 Å². The van der Waals surface area contributed by atoms with Crippen molar-refractivity contribution < 1.29 is 9.47 Å². The van der Waals surface area contributed by atoms with E-state index in [0.717, 1.165) is 17.7 Å². The van der Waals surface area contributed by atoms with Crippen LogP contribution in [0.4, 0.5) is 0 Å². The molecule has 0 fully saturated rings. The molecule has 0 amide bonds. The van der Waals surface area contributed by atoms with Crippen LogP contribution >= 0.6 is 11.6 Å². The molecule has 0 aliphatic rings. The minimum atomic E-state index is 0.0309. The molecule has 0 radical (unpaired) electrons. The summed E-state index contributed by atoms with van der Waals surface area (Å²) in [6, 6.07) is 3.72. The third-order valence-corrected chi connectivity index (χ3v) is 3.24. The van der Waals surface area contributed by atoms with E-state index in [2.05, 4.69) is 39.9 Å². The molecule has 1 unspecified atom stereocenters. The summed E-state index contributed by atoms with van der Waals surface area (Å²) in [6.45, 7) is 11.2. The first-order valence-electron chi connectivity index (χ1n) is 7.05. The Morgan fingerprint density at radius 3 is 2.45 bits per heavy atom. The van der Waals surface area contributed by atoms with Gasteiger partial charge >= 0.3 is 0 Å². The van der Waals surface area contributed by atoms with E-state index >= 15 is 0 Å². The molecule has 1 aromatic rings. The smallest absolute Gasteiger partial charge is 0.166 e. The highest BCUT2D eigenvalue weighted by Gasteiger charge is 2.17. The van der Waals surface area contributed by atoms with Crippen LogP contribution in [0.3, 0.4) is 0 Å². The summed E-state index contributed by atoms with van der Waals surface area (Å²) in [5, 5.41) is 4.11. The average Bonchev–Trinajstić information content (AvgIpc) is 2.37. The molecule has 0 saturated heterocycles. The van der Waals surface area contributed by atoms with Crippen molar-refractivity contribution in [3.05, 3.63) is 22.7 Å². The molecule has 0 aliphatic carbocycles. The molecule has 1 aromatic carbocycles. The Kier molecular flexibility index (Phi) is 6.15. The largest absolute Gasteiger partial charge is 0.493 e. The van der Waals surface area contributed by atoms with Gasteiger partial charge in [0.15, 0.2) is 11.5 Å². The molecule has 20 heavy (non-hydrogen) atoms. The van der Waals surface area contributed by atoms with Crippen molar-refractivity contribution in [2.24, 2.45) is 0 Å². The fourth-order valence-electron chi connectivity index (χ4n) is 1.68. The predicted octanol–water partition coefficient (Wildman–Crippen LogP) is 4.41. The second-order valence-electron chi connectivity index (χ2n) is 6.04. The van der Waals surface area contributed by atoms with E-state index in [9.17, 15) is 0 Å². The maximum atomic E-state index is 6.16. The lowest BCUT2D eigenvalue weighted by Crippen LogP contribution is -2.35. The molecule has 1 rings (SSSR count). The number of nitrogens with one attached hydrogen (secondary N) is 1. The van der Waals surface area contributed by atoms with Crippen molar-refractivity contribution >= 4 is 11.6 Å². The van der Waals surface area contributed by atoms with Crippen LogP contribution in [0.15, 0.2) is 12.1 Å². The molecule has 114 valence electrons. The second-order valence-corrected chi connectivity index (χ2v) is 6.47. The van der Waals surface area contributed by atoms with E-state index in [0.29, 0.717) is 17.3 Å². The summed E-state index contributed by atoms with van der Waals surface area (Å²) in [4.78, 5) is 0. The van der Waals surface area contributed by atoms with E-state index in [1.807, 2.05) is 6.07 Å². The van der Waals surface area contributed by atoms with Crippen molar-refractivity contribution in [3.8, 4) is 11.5 Å². The van der Waals surface area contributed by atoms with Gasteiger partial charge in [-0.1, -0.05) is 18.5 Å². The van der Waals surface area contributed by atoms with Gasteiger partial charge in [-0.05, 0) is 40.2 Å². The van der Waals surface area contributed by atoms with Crippen LogP contribution in [0.2, 0.25) is 5.02 Å². The number of hydrogen-bond acceptors (Lipinski definition) is 3. The number of rotatable bonds is 6. The molecule has 3 nitrogen and oxygen atoms in total. The quantitative estimate of drug-likeness (QED) is 0.844. The zero-order valence-corrected chi connectivity index (χ0v) is 14.1. The van der Waals surface area contributed by atoms with Gasteiger partial charge in [-0.3, -0.25) is 0 Å². The van der Waals surface area contributed by atoms with E-state index in [1.165, 1.54) is 0 Å². The first-order chi connectivity index (χ1) is 9.26. The van der Waals surface area contributed by atoms with Crippen molar-refractivity contribution in [3.63, 3.8) is 0 Å². The van der Waals surface area contributed by atoms with E-state index in [1.54, 1.807) is 13.2 Å². The lowest BCUT2D eigenvalue weighted by Gasteiger charge is -2.24. The zero-order valence-electron chi connectivity index (χ0n) is 13.3. The van der Waals surface area contributed by atoms with Crippen molar-refractivity contribution in [1.82, 2.24) is 5.32 Å². The third-order valence-electron chi connectivity index (χ3n) is 3.02. The van der Waals surface area contributed by atoms with Gasteiger partial charge in [0.1, 0.15) is 0 Å². The first kappa shape index (κ1) is 17.1. The number of benzene rings is 1. The summed E-state index contributed by atoms with van der Waals surface area (Å²) >= 11 is 6.16. The van der Waals surface area contributed by atoms with Crippen LogP contribution in [-0.2, 0) is 6.54 Å². The molecule has 0 saturated carbocycles. The third kappa shape index (κ3) is 5.22. The number of hydrogen-bond donors (Lipinski definition) is 1.